The number of para-hydroxylation sites is 3. The normalized spacial score (nSPS) is 12.8. The van der Waals surface area contributed by atoms with Gasteiger partial charge in [0.05, 0.1) is 36.1 Å². The van der Waals surface area contributed by atoms with E-state index in [1.165, 1.54) is 10.8 Å². The van der Waals surface area contributed by atoms with E-state index in [2.05, 4.69) is 179 Å². The molecule has 0 bridgehead atoms. The molecule has 0 spiro atoms. The van der Waals surface area contributed by atoms with Gasteiger partial charge in [0, 0.05) is 39.2 Å². The van der Waals surface area contributed by atoms with E-state index in [4.69, 9.17) is 14.4 Å². The van der Waals surface area contributed by atoms with Crippen LogP contribution in [0.1, 0.15) is 83.2 Å². The van der Waals surface area contributed by atoms with Crippen molar-refractivity contribution in [3.05, 3.63) is 125 Å². The van der Waals surface area contributed by atoms with Gasteiger partial charge in [-0.1, -0.05) is 130 Å². The summed E-state index contributed by atoms with van der Waals surface area (Å²) in [5.74, 6) is 1.50. The Hall–Kier alpha value is -5.46. The molecule has 0 unspecified atom stereocenters. The molecule has 59 heavy (non-hydrogen) atoms. The van der Waals surface area contributed by atoms with Crippen LogP contribution >= 0.6 is 0 Å². The third kappa shape index (κ3) is 7.20. The first-order valence-electron chi connectivity index (χ1n) is 21.1. The Kier molecular flexibility index (Phi) is 9.82. The van der Waals surface area contributed by atoms with Gasteiger partial charge in [-0.2, -0.15) is 0 Å². The van der Waals surface area contributed by atoms with Crippen molar-refractivity contribution < 1.29 is 9.52 Å². The van der Waals surface area contributed by atoms with E-state index < -0.39 is 8.07 Å². The highest BCUT2D eigenvalue weighted by Crippen LogP contribution is 2.46. The van der Waals surface area contributed by atoms with Crippen molar-refractivity contribution in [2.75, 3.05) is 0 Å². The number of fused-ring (bicyclic) bond motifs is 4. The van der Waals surface area contributed by atoms with Crippen LogP contribution in [0.4, 0.5) is 0 Å². The summed E-state index contributed by atoms with van der Waals surface area (Å²) in [5, 5.41) is 15.9. The third-order valence-corrected chi connectivity index (χ3v) is 13.9. The third-order valence-electron chi connectivity index (χ3n) is 11.9. The molecular formula is C53H59N3O2Si. The zero-order valence-electron chi connectivity index (χ0n) is 37.2. The zero-order chi connectivity index (χ0) is 42.3. The summed E-state index contributed by atoms with van der Waals surface area (Å²) in [4.78, 5) is 10.8. The minimum Gasteiger partial charge on any atom is -0.507 e. The van der Waals surface area contributed by atoms with Crippen LogP contribution in [-0.2, 0) is 17.3 Å². The molecule has 0 aliphatic rings. The molecule has 0 aliphatic carbocycles. The van der Waals surface area contributed by atoms with Crippen LogP contribution in [0.15, 0.2) is 102 Å². The van der Waals surface area contributed by atoms with E-state index in [1.807, 2.05) is 12.1 Å². The molecule has 0 fully saturated rings. The Balaban J connectivity index is 1.48. The van der Waals surface area contributed by atoms with Crippen molar-refractivity contribution in [1.82, 2.24) is 14.5 Å². The SMILES string of the molecule is Cc1cccc(C)c1-n1c(-c2cc(C(C)(C)C)cc(C(C)(C)C)c2O)nc2c(-c3cc(-c4cc(CC(C)C)c([Si](C)(C)C)cn4)cc4c3oc3ccccc34)cccc21. The number of hydrogen-bond donors (Lipinski definition) is 1. The number of phenolic OH excluding ortho intramolecular Hbond substituents is 1. The van der Waals surface area contributed by atoms with Crippen LogP contribution in [0.2, 0.25) is 19.6 Å². The van der Waals surface area contributed by atoms with E-state index in [0.717, 1.165) is 95.3 Å². The van der Waals surface area contributed by atoms with Gasteiger partial charge >= 0.3 is 0 Å². The lowest BCUT2D eigenvalue weighted by Crippen LogP contribution is -2.40. The molecule has 3 heterocycles. The smallest absolute Gasteiger partial charge is 0.149 e. The van der Waals surface area contributed by atoms with Crippen molar-refractivity contribution in [1.29, 1.82) is 0 Å². The van der Waals surface area contributed by atoms with E-state index in [1.54, 1.807) is 0 Å². The molecule has 8 rings (SSSR count). The average molecular weight is 798 g/mol. The molecule has 5 aromatic carbocycles. The molecule has 8 aromatic rings. The van der Waals surface area contributed by atoms with Crippen LogP contribution in [0.5, 0.6) is 5.75 Å². The van der Waals surface area contributed by atoms with E-state index in [9.17, 15) is 5.11 Å². The fourth-order valence-electron chi connectivity index (χ4n) is 8.81. The van der Waals surface area contributed by atoms with Crippen molar-refractivity contribution in [2.45, 2.75) is 106 Å². The van der Waals surface area contributed by atoms with Crippen molar-refractivity contribution in [2.24, 2.45) is 5.92 Å². The molecule has 0 radical (unpaired) electrons. The van der Waals surface area contributed by atoms with Gasteiger partial charge in [0.25, 0.3) is 0 Å². The monoisotopic (exact) mass is 797 g/mol. The van der Waals surface area contributed by atoms with E-state index in [-0.39, 0.29) is 16.6 Å². The first-order chi connectivity index (χ1) is 27.7. The van der Waals surface area contributed by atoms with Crippen LogP contribution in [0.3, 0.4) is 0 Å². The second-order valence-electron chi connectivity index (χ2n) is 20.2. The predicted octanol–water partition coefficient (Wildman–Crippen LogP) is 14.0. The maximum absolute atomic E-state index is 12.3. The first kappa shape index (κ1) is 40.3. The number of imidazole rings is 1. The van der Waals surface area contributed by atoms with Crippen molar-refractivity contribution in [3.8, 4) is 45.2 Å². The number of aromatic nitrogens is 3. The predicted molar refractivity (Wildman–Crippen MR) is 253 cm³/mol. The topological polar surface area (TPSA) is 64.1 Å². The molecule has 3 aromatic heterocycles. The fourth-order valence-corrected chi connectivity index (χ4v) is 10.4. The Morgan fingerprint density at radius 3 is 2.10 bits per heavy atom. The van der Waals surface area contributed by atoms with Crippen LogP contribution in [0.25, 0.3) is 72.4 Å². The lowest BCUT2D eigenvalue weighted by Gasteiger charge is -2.27. The number of pyridine rings is 1. The molecule has 0 saturated heterocycles. The van der Waals surface area contributed by atoms with Crippen molar-refractivity contribution >= 4 is 46.2 Å². The van der Waals surface area contributed by atoms with Gasteiger partial charge in [-0.05, 0) is 101 Å². The number of phenols is 1. The summed E-state index contributed by atoms with van der Waals surface area (Å²) in [6.07, 6.45) is 3.16. The number of aromatic hydroxyl groups is 1. The average Bonchev–Trinajstić information content (AvgIpc) is 3.72. The summed E-state index contributed by atoms with van der Waals surface area (Å²) in [7, 11) is -1.64. The highest BCUT2D eigenvalue weighted by molar-refractivity contribution is 6.89. The number of rotatable bonds is 7. The van der Waals surface area contributed by atoms with Crippen molar-refractivity contribution in [3.63, 3.8) is 0 Å². The minimum atomic E-state index is -1.64. The number of aryl methyl sites for hydroxylation is 2. The van der Waals surface area contributed by atoms with Gasteiger partial charge in [-0.25, -0.2) is 4.98 Å². The lowest BCUT2D eigenvalue weighted by molar-refractivity contribution is 0.446. The van der Waals surface area contributed by atoms with Crippen LogP contribution in [0, 0.1) is 19.8 Å². The maximum Gasteiger partial charge on any atom is 0.149 e. The lowest BCUT2D eigenvalue weighted by atomic mass is 9.79. The summed E-state index contributed by atoms with van der Waals surface area (Å²) < 4.78 is 9.07. The summed E-state index contributed by atoms with van der Waals surface area (Å²) in [6, 6.07) is 32.3. The minimum absolute atomic E-state index is 0.160. The Morgan fingerprint density at radius 2 is 1.44 bits per heavy atom. The summed E-state index contributed by atoms with van der Waals surface area (Å²) >= 11 is 0. The first-order valence-corrected chi connectivity index (χ1v) is 24.6. The Labute approximate surface area is 351 Å². The summed E-state index contributed by atoms with van der Waals surface area (Å²) in [6.45, 7) is 29.3. The Bertz CT molecular complexity index is 2910. The molecule has 0 atom stereocenters. The molecule has 302 valence electrons. The largest absolute Gasteiger partial charge is 0.507 e. The summed E-state index contributed by atoms with van der Waals surface area (Å²) in [5.41, 5.74) is 14.4. The molecule has 5 nitrogen and oxygen atoms in total. The molecule has 6 heteroatoms. The van der Waals surface area contributed by atoms with E-state index >= 15 is 0 Å². The zero-order valence-corrected chi connectivity index (χ0v) is 38.2. The van der Waals surface area contributed by atoms with Gasteiger partial charge in [0.2, 0.25) is 0 Å². The highest BCUT2D eigenvalue weighted by atomic mass is 28.3. The van der Waals surface area contributed by atoms with Crippen LogP contribution in [-0.4, -0.2) is 27.7 Å². The number of furan rings is 1. The van der Waals surface area contributed by atoms with Gasteiger partial charge in [0.15, 0.2) is 0 Å². The molecule has 0 aliphatic heterocycles. The maximum atomic E-state index is 12.3. The van der Waals surface area contributed by atoms with Gasteiger partial charge in [-0.3, -0.25) is 9.55 Å². The van der Waals surface area contributed by atoms with Gasteiger partial charge < -0.3 is 9.52 Å². The Morgan fingerprint density at radius 1 is 0.746 bits per heavy atom. The standard InChI is InChI=1S/C53H59N3O2Si/c1-31(2)24-35-27-43(54-30-46(35)59(11,12)13)34-25-39-37-20-14-15-23-45(37)58-50(39)40(26-34)38-21-17-22-44-47(38)55-51(56(44)48-32(3)18-16-19-33(48)4)41-28-36(52(5,6)7)29-42(49(41)57)53(8,9)10/h14-23,25-31,57H,24H2,1-13H3. The second kappa shape index (κ2) is 14.4. The quantitative estimate of drug-likeness (QED) is 0.163. The number of nitrogens with zero attached hydrogens (tertiary/aromatic N) is 3. The molecule has 0 saturated carbocycles. The number of benzene rings is 5. The highest BCUT2D eigenvalue weighted by Gasteiger charge is 2.30. The molecular weight excluding hydrogens is 739 g/mol. The second-order valence-corrected chi connectivity index (χ2v) is 25.2. The molecule has 1 N–H and O–H groups in total. The molecule has 0 amide bonds. The van der Waals surface area contributed by atoms with E-state index in [0.29, 0.717) is 11.7 Å². The van der Waals surface area contributed by atoms with Crippen LogP contribution < -0.4 is 5.19 Å². The van der Waals surface area contributed by atoms with Gasteiger partial charge in [0.1, 0.15) is 22.7 Å². The van der Waals surface area contributed by atoms with Gasteiger partial charge in [-0.15, -0.1) is 0 Å². The number of hydrogen-bond acceptors (Lipinski definition) is 4. The fraction of sp³-hybridized carbons (Fsp3) is 0.321.